The molecule has 8 heteroatoms. The van der Waals surface area contributed by atoms with Gasteiger partial charge in [0.05, 0.1) is 23.4 Å². The Kier molecular flexibility index (Phi) is 8.26. The topological polar surface area (TPSA) is 78.6 Å². The summed E-state index contributed by atoms with van der Waals surface area (Å²) >= 11 is 0. The molecule has 2 aliphatic rings. The van der Waals surface area contributed by atoms with E-state index < -0.39 is 0 Å². The van der Waals surface area contributed by atoms with E-state index in [0.717, 1.165) is 30.7 Å². The Labute approximate surface area is 199 Å². The average Bonchev–Trinajstić information content (AvgIpc) is 3.25. The summed E-state index contributed by atoms with van der Waals surface area (Å²) in [7, 11) is -0.286. The zero-order valence-electron chi connectivity index (χ0n) is 21.8. The Morgan fingerprint density at radius 1 is 1.21 bits per heavy atom. The third kappa shape index (κ3) is 6.35. The lowest BCUT2D eigenvalue weighted by atomic mass is 9.78. The van der Waals surface area contributed by atoms with E-state index in [2.05, 4.69) is 89.1 Å². The molecule has 2 fully saturated rings. The van der Waals surface area contributed by atoms with E-state index in [0.29, 0.717) is 17.9 Å². The van der Waals surface area contributed by atoms with Crippen LogP contribution in [0.15, 0.2) is 28.2 Å². The van der Waals surface area contributed by atoms with Crippen molar-refractivity contribution < 1.29 is 18.6 Å². The lowest BCUT2D eigenvalue weighted by Gasteiger charge is -2.39. The molecule has 3 rings (SSSR count). The van der Waals surface area contributed by atoms with E-state index in [4.69, 9.17) is 18.6 Å². The standard InChI is InChI=1S/C25H42BN3O4/c1-16(23-28-20(5)31-29-23)11-10-14-27-21-15-17(2)22(30-19(21)4)13-12-18(3)26-32-24(6,7)25(8,9)33-26/h10-12,16-17,19,21-22,27H,13-15H2,1-9H3/b11-10-,18-12-/t16-,17-,19+,21+,22-/m0/s1. The minimum Gasteiger partial charge on any atom is -0.400 e. The SMILES string of the molecule is C/C(=C/C[C@@H]1O[C@H](C)[C@H](NC/C=C\[C@H](C)c2noc(C)n2)C[C@@H]1C)B1OC(C)(C)C(C)(C)O1. The van der Waals surface area contributed by atoms with Gasteiger partial charge in [0.1, 0.15) is 0 Å². The second kappa shape index (κ2) is 10.4. The number of allylic oxidation sites excluding steroid dienone is 2. The van der Waals surface area contributed by atoms with Crippen molar-refractivity contribution in [2.24, 2.45) is 5.92 Å². The number of nitrogens with one attached hydrogen (secondary N) is 1. The minimum atomic E-state index is -0.314. The molecule has 0 unspecified atom stereocenters. The van der Waals surface area contributed by atoms with Crippen LogP contribution >= 0.6 is 0 Å². The highest BCUT2D eigenvalue weighted by Gasteiger charge is 2.51. The van der Waals surface area contributed by atoms with Crippen molar-refractivity contribution in [3.8, 4) is 0 Å². The minimum absolute atomic E-state index is 0.131. The summed E-state index contributed by atoms with van der Waals surface area (Å²) in [5.74, 6) is 1.91. The van der Waals surface area contributed by atoms with Gasteiger partial charge >= 0.3 is 7.12 Å². The maximum Gasteiger partial charge on any atom is 0.489 e. The highest BCUT2D eigenvalue weighted by atomic mass is 16.7. The number of aromatic nitrogens is 2. The molecule has 0 saturated carbocycles. The van der Waals surface area contributed by atoms with Crippen LogP contribution in [0.5, 0.6) is 0 Å². The Bertz CT molecular complexity index is 834. The fourth-order valence-electron chi connectivity index (χ4n) is 4.29. The lowest BCUT2D eigenvalue weighted by Crippen LogP contribution is -2.49. The van der Waals surface area contributed by atoms with Gasteiger partial charge in [-0.25, -0.2) is 0 Å². The van der Waals surface area contributed by atoms with Gasteiger partial charge in [-0.05, 0) is 65.8 Å². The fraction of sp³-hybridized carbons (Fsp3) is 0.760. The molecule has 0 amide bonds. The molecule has 0 bridgehead atoms. The van der Waals surface area contributed by atoms with Crippen LogP contribution < -0.4 is 5.32 Å². The first kappa shape index (κ1) is 26.1. The molecule has 0 aromatic carbocycles. The second-order valence-corrected chi connectivity index (χ2v) is 10.8. The molecular weight excluding hydrogens is 417 g/mol. The summed E-state index contributed by atoms with van der Waals surface area (Å²) < 4.78 is 23.8. The van der Waals surface area contributed by atoms with Crippen LogP contribution in [-0.2, 0) is 14.0 Å². The largest absolute Gasteiger partial charge is 0.489 e. The first-order chi connectivity index (χ1) is 15.4. The van der Waals surface area contributed by atoms with Crippen LogP contribution in [0.1, 0.15) is 85.9 Å². The third-order valence-electron chi connectivity index (χ3n) is 7.39. The molecule has 0 aliphatic carbocycles. The van der Waals surface area contributed by atoms with Crippen molar-refractivity contribution in [1.29, 1.82) is 0 Å². The predicted molar refractivity (Wildman–Crippen MR) is 131 cm³/mol. The Morgan fingerprint density at radius 2 is 1.88 bits per heavy atom. The van der Waals surface area contributed by atoms with Crippen LogP contribution in [0.3, 0.4) is 0 Å². The molecule has 3 heterocycles. The summed E-state index contributed by atoms with van der Waals surface area (Å²) in [4.78, 5) is 4.29. The van der Waals surface area contributed by atoms with Gasteiger partial charge < -0.3 is 23.9 Å². The van der Waals surface area contributed by atoms with Gasteiger partial charge in [0.25, 0.3) is 0 Å². The number of nitrogens with zero attached hydrogens (tertiary/aromatic N) is 2. The lowest BCUT2D eigenvalue weighted by molar-refractivity contribution is -0.0852. The van der Waals surface area contributed by atoms with E-state index in [1.807, 2.05) is 6.92 Å². The van der Waals surface area contributed by atoms with Gasteiger partial charge in [0, 0.05) is 25.4 Å². The molecule has 1 aromatic rings. The molecule has 7 nitrogen and oxygen atoms in total. The van der Waals surface area contributed by atoms with E-state index in [1.54, 1.807) is 0 Å². The molecule has 5 atom stereocenters. The molecule has 33 heavy (non-hydrogen) atoms. The maximum absolute atomic E-state index is 6.41. The van der Waals surface area contributed by atoms with Crippen molar-refractivity contribution in [3.05, 3.63) is 35.4 Å². The summed E-state index contributed by atoms with van der Waals surface area (Å²) in [6.45, 7) is 19.5. The molecule has 2 aliphatic heterocycles. The van der Waals surface area contributed by atoms with E-state index in [-0.39, 0.29) is 36.4 Å². The first-order valence-electron chi connectivity index (χ1n) is 12.3. The second-order valence-electron chi connectivity index (χ2n) is 10.8. The van der Waals surface area contributed by atoms with Crippen molar-refractivity contribution >= 4 is 7.12 Å². The van der Waals surface area contributed by atoms with Gasteiger partial charge in [0.15, 0.2) is 5.82 Å². The van der Waals surface area contributed by atoms with E-state index in [1.165, 1.54) is 0 Å². The zero-order chi connectivity index (χ0) is 24.4. The van der Waals surface area contributed by atoms with Crippen LogP contribution in [0, 0.1) is 12.8 Å². The number of rotatable bonds is 8. The molecule has 0 spiro atoms. The zero-order valence-corrected chi connectivity index (χ0v) is 21.8. The van der Waals surface area contributed by atoms with Gasteiger partial charge in [-0.2, -0.15) is 4.98 Å². The van der Waals surface area contributed by atoms with Crippen molar-refractivity contribution in [2.75, 3.05) is 6.54 Å². The van der Waals surface area contributed by atoms with Crippen LogP contribution in [0.4, 0.5) is 0 Å². The van der Waals surface area contributed by atoms with Crippen LogP contribution in [0.25, 0.3) is 0 Å². The van der Waals surface area contributed by atoms with E-state index >= 15 is 0 Å². The molecule has 1 aromatic heterocycles. The Morgan fingerprint density at radius 3 is 2.48 bits per heavy atom. The number of ether oxygens (including phenoxy) is 1. The molecule has 1 N–H and O–H groups in total. The first-order valence-corrected chi connectivity index (χ1v) is 12.3. The normalized spacial score (nSPS) is 30.8. The maximum atomic E-state index is 6.41. The number of hydrogen-bond acceptors (Lipinski definition) is 7. The predicted octanol–water partition coefficient (Wildman–Crippen LogP) is 4.78. The van der Waals surface area contributed by atoms with Crippen LogP contribution in [-0.4, -0.2) is 53.3 Å². The van der Waals surface area contributed by atoms with Gasteiger partial charge in [0.2, 0.25) is 5.89 Å². The summed E-state index contributed by atoms with van der Waals surface area (Å²) in [6.07, 6.45) is 8.79. The molecule has 2 saturated heterocycles. The number of hydrogen-bond donors (Lipinski definition) is 1. The van der Waals surface area contributed by atoms with Gasteiger partial charge in [-0.3, -0.25) is 0 Å². The monoisotopic (exact) mass is 459 g/mol. The fourth-order valence-corrected chi connectivity index (χ4v) is 4.29. The molecule has 184 valence electrons. The average molecular weight is 459 g/mol. The van der Waals surface area contributed by atoms with Crippen molar-refractivity contribution in [2.45, 2.75) is 111 Å². The quantitative estimate of drug-likeness (QED) is 0.443. The van der Waals surface area contributed by atoms with Crippen molar-refractivity contribution in [1.82, 2.24) is 15.5 Å². The van der Waals surface area contributed by atoms with Gasteiger partial charge in [-0.15, -0.1) is 0 Å². The summed E-state index contributed by atoms with van der Waals surface area (Å²) in [6, 6.07) is 0.330. The van der Waals surface area contributed by atoms with Crippen molar-refractivity contribution in [3.63, 3.8) is 0 Å². The molecule has 0 radical (unpaired) electrons. The Balaban J connectivity index is 1.46. The Hall–Kier alpha value is -1.48. The van der Waals surface area contributed by atoms with Gasteiger partial charge in [-0.1, -0.05) is 37.2 Å². The highest BCUT2D eigenvalue weighted by molar-refractivity contribution is 6.54. The summed E-state index contributed by atoms with van der Waals surface area (Å²) in [5.41, 5.74) is 0.491. The number of aryl methyl sites for hydroxylation is 1. The van der Waals surface area contributed by atoms with E-state index in [9.17, 15) is 0 Å². The highest BCUT2D eigenvalue weighted by Crippen LogP contribution is 2.38. The summed E-state index contributed by atoms with van der Waals surface area (Å²) in [5, 5.41) is 7.62. The third-order valence-corrected chi connectivity index (χ3v) is 7.39. The molecular formula is C25H42BN3O4. The smallest absolute Gasteiger partial charge is 0.400 e. The van der Waals surface area contributed by atoms with Crippen LogP contribution in [0.2, 0.25) is 0 Å².